The van der Waals surface area contributed by atoms with Gasteiger partial charge in [0.1, 0.15) is 0 Å². The molecule has 0 aliphatic heterocycles. The van der Waals surface area contributed by atoms with Gasteiger partial charge in [-0.1, -0.05) is 74.0 Å². The van der Waals surface area contributed by atoms with Crippen LogP contribution in [0.25, 0.3) is 11.4 Å². The standard InChI is InChI=1S/C12H12N2.2C2H6.CH3I/c1-9-4-3-5-11(6-9)12-13-7-10(2)8-14-12;3*1-2/h3-8H,1-2H3;2*1-2H3;1H3. The van der Waals surface area contributed by atoms with Crippen molar-refractivity contribution in [2.75, 3.05) is 4.93 Å². The third-order valence-corrected chi connectivity index (χ3v) is 2.06. The second kappa shape index (κ2) is 14.4. The highest BCUT2D eigenvalue weighted by atomic mass is 127. The molecule has 0 spiro atoms. The van der Waals surface area contributed by atoms with E-state index in [4.69, 9.17) is 0 Å². The van der Waals surface area contributed by atoms with E-state index in [1.807, 2.05) is 64.1 Å². The molecule has 3 heteroatoms. The van der Waals surface area contributed by atoms with Crippen molar-refractivity contribution >= 4 is 22.6 Å². The van der Waals surface area contributed by atoms with Crippen molar-refractivity contribution in [1.29, 1.82) is 0 Å². The van der Waals surface area contributed by atoms with E-state index in [0.717, 1.165) is 17.0 Å². The molecule has 2 rings (SSSR count). The summed E-state index contributed by atoms with van der Waals surface area (Å²) < 4.78 is 0. The summed E-state index contributed by atoms with van der Waals surface area (Å²) in [5.41, 5.74) is 3.39. The first-order chi connectivity index (χ1) is 9.75. The number of rotatable bonds is 1. The Bertz CT molecular complexity index is 439. The normalized spacial score (nSPS) is 8.00. The zero-order chi connectivity index (χ0) is 16.0. The number of halogens is 1. The van der Waals surface area contributed by atoms with Crippen molar-refractivity contribution in [1.82, 2.24) is 9.97 Å². The van der Waals surface area contributed by atoms with E-state index >= 15 is 0 Å². The predicted octanol–water partition coefficient (Wildman–Crippen LogP) is 5.86. The van der Waals surface area contributed by atoms with Gasteiger partial charge >= 0.3 is 0 Å². The quantitative estimate of drug-likeness (QED) is 0.453. The highest BCUT2D eigenvalue weighted by Crippen LogP contribution is 2.15. The minimum Gasteiger partial charge on any atom is -0.236 e. The number of aryl methyl sites for hydroxylation is 2. The molecule has 0 N–H and O–H groups in total. The number of hydrogen-bond acceptors (Lipinski definition) is 2. The number of nitrogens with zero attached hydrogens (tertiary/aromatic N) is 2. The number of hydrogen-bond donors (Lipinski definition) is 0. The summed E-state index contributed by atoms with van der Waals surface area (Å²) in [6, 6.07) is 8.20. The summed E-state index contributed by atoms with van der Waals surface area (Å²) in [6.07, 6.45) is 3.68. The van der Waals surface area contributed by atoms with Gasteiger partial charge in [0, 0.05) is 18.0 Å². The average molecular weight is 386 g/mol. The largest absolute Gasteiger partial charge is 0.236 e. The first kappa shape index (κ1) is 21.3. The Labute approximate surface area is 138 Å². The summed E-state index contributed by atoms with van der Waals surface area (Å²) in [7, 11) is 0. The lowest BCUT2D eigenvalue weighted by Crippen LogP contribution is -1.89. The lowest BCUT2D eigenvalue weighted by Gasteiger charge is -2.00. The lowest BCUT2D eigenvalue weighted by atomic mass is 10.1. The Kier molecular flexibility index (Phi) is 15.4. The molecule has 20 heavy (non-hydrogen) atoms. The minimum atomic E-state index is 0.791. The van der Waals surface area contributed by atoms with Gasteiger partial charge in [0.05, 0.1) is 0 Å². The molecule has 1 aromatic heterocycles. The molecule has 2 nitrogen and oxygen atoms in total. The van der Waals surface area contributed by atoms with Crippen LogP contribution in [-0.2, 0) is 0 Å². The lowest BCUT2D eigenvalue weighted by molar-refractivity contribution is 1.14. The van der Waals surface area contributed by atoms with Crippen LogP contribution >= 0.6 is 22.6 Å². The van der Waals surface area contributed by atoms with Gasteiger partial charge in [-0.2, -0.15) is 0 Å². The van der Waals surface area contributed by atoms with Crippen molar-refractivity contribution < 1.29 is 0 Å². The summed E-state index contributed by atoms with van der Waals surface area (Å²) in [5, 5.41) is 0. The van der Waals surface area contributed by atoms with E-state index in [1.165, 1.54) is 5.56 Å². The van der Waals surface area contributed by atoms with Crippen molar-refractivity contribution in [3.63, 3.8) is 0 Å². The summed E-state index contributed by atoms with van der Waals surface area (Å²) in [4.78, 5) is 10.5. The molecule has 1 heterocycles. The van der Waals surface area contributed by atoms with Crippen molar-refractivity contribution in [2.45, 2.75) is 41.5 Å². The van der Waals surface area contributed by atoms with Crippen LogP contribution in [0.1, 0.15) is 38.8 Å². The predicted molar refractivity (Wildman–Crippen MR) is 99.6 cm³/mol. The Morgan fingerprint density at radius 2 is 1.30 bits per heavy atom. The molecule has 0 amide bonds. The molecule has 1 aromatic carbocycles. The number of alkyl halides is 1. The van der Waals surface area contributed by atoms with Crippen LogP contribution in [0.3, 0.4) is 0 Å². The highest BCUT2D eigenvalue weighted by Gasteiger charge is 1.99. The van der Waals surface area contributed by atoms with E-state index in [-0.39, 0.29) is 0 Å². The molecule has 0 fully saturated rings. The zero-order valence-electron chi connectivity index (χ0n) is 13.7. The first-order valence-electron chi connectivity index (χ1n) is 6.99. The van der Waals surface area contributed by atoms with E-state index in [2.05, 4.69) is 51.6 Å². The van der Waals surface area contributed by atoms with Crippen LogP contribution in [0.15, 0.2) is 36.7 Å². The van der Waals surface area contributed by atoms with Gasteiger partial charge < -0.3 is 0 Å². The summed E-state index contributed by atoms with van der Waals surface area (Å²) in [6.45, 7) is 12.1. The Balaban J connectivity index is 0. The second-order valence-electron chi connectivity index (χ2n) is 3.45. The highest BCUT2D eigenvalue weighted by molar-refractivity contribution is 14.1. The Morgan fingerprint density at radius 1 is 0.800 bits per heavy atom. The van der Waals surface area contributed by atoms with Crippen LogP contribution in [0.5, 0.6) is 0 Å². The smallest absolute Gasteiger partial charge is 0.159 e. The molecular weight excluding hydrogens is 359 g/mol. The van der Waals surface area contributed by atoms with Gasteiger partial charge in [-0.15, -0.1) is 0 Å². The summed E-state index contributed by atoms with van der Waals surface area (Å²) in [5.74, 6) is 0.791. The zero-order valence-corrected chi connectivity index (χ0v) is 15.9. The SMILES string of the molecule is CC.CC.CI.Cc1cnc(-c2cccc(C)c2)nc1. The molecule has 0 saturated carbocycles. The molecular formula is C17H27IN2. The van der Waals surface area contributed by atoms with Gasteiger partial charge in [0.15, 0.2) is 5.82 Å². The molecule has 112 valence electrons. The van der Waals surface area contributed by atoms with E-state index in [0.29, 0.717) is 0 Å². The monoisotopic (exact) mass is 386 g/mol. The molecule has 0 saturated heterocycles. The molecule has 2 aromatic rings. The maximum atomic E-state index is 4.28. The fraction of sp³-hybridized carbons (Fsp3) is 0.412. The first-order valence-corrected chi connectivity index (χ1v) is 9.15. The van der Waals surface area contributed by atoms with Gasteiger partial charge in [-0.25, -0.2) is 9.97 Å². The van der Waals surface area contributed by atoms with Crippen LogP contribution in [0, 0.1) is 13.8 Å². The molecule has 0 bridgehead atoms. The minimum absolute atomic E-state index is 0.791. The second-order valence-corrected chi connectivity index (χ2v) is 3.45. The molecule has 0 atom stereocenters. The van der Waals surface area contributed by atoms with Gasteiger partial charge in [0.2, 0.25) is 0 Å². The molecule has 0 radical (unpaired) electrons. The number of benzene rings is 1. The van der Waals surface area contributed by atoms with Crippen molar-refractivity contribution in [2.24, 2.45) is 0 Å². The third kappa shape index (κ3) is 8.25. The maximum absolute atomic E-state index is 4.28. The van der Waals surface area contributed by atoms with Gasteiger partial charge in [-0.3, -0.25) is 0 Å². The average Bonchev–Trinajstić information content (AvgIpc) is 2.54. The van der Waals surface area contributed by atoms with E-state index < -0.39 is 0 Å². The Hall–Kier alpha value is -0.970. The fourth-order valence-electron chi connectivity index (χ4n) is 1.33. The van der Waals surface area contributed by atoms with Crippen LogP contribution in [0.4, 0.5) is 0 Å². The van der Waals surface area contributed by atoms with E-state index in [9.17, 15) is 0 Å². The topological polar surface area (TPSA) is 25.8 Å². The third-order valence-electron chi connectivity index (χ3n) is 2.06. The maximum Gasteiger partial charge on any atom is 0.159 e. The molecule has 0 unspecified atom stereocenters. The van der Waals surface area contributed by atoms with Crippen molar-refractivity contribution in [3.05, 3.63) is 47.8 Å². The Morgan fingerprint density at radius 3 is 1.75 bits per heavy atom. The van der Waals surface area contributed by atoms with Crippen LogP contribution < -0.4 is 0 Å². The molecule has 0 aliphatic rings. The van der Waals surface area contributed by atoms with Crippen LogP contribution in [0.2, 0.25) is 0 Å². The van der Waals surface area contributed by atoms with Gasteiger partial charge in [-0.05, 0) is 30.4 Å². The van der Waals surface area contributed by atoms with E-state index in [1.54, 1.807) is 0 Å². The number of aromatic nitrogens is 2. The van der Waals surface area contributed by atoms with Crippen molar-refractivity contribution in [3.8, 4) is 11.4 Å². The summed E-state index contributed by atoms with van der Waals surface area (Å²) >= 11 is 2.15. The fourth-order valence-corrected chi connectivity index (χ4v) is 1.33. The molecule has 0 aliphatic carbocycles. The van der Waals surface area contributed by atoms with Crippen LogP contribution in [-0.4, -0.2) is 14.9 Å². The van der Waals surface area contributed by atoms with Gasteiger partial charge in [0.25, 0.3) is 0 Å².